The highest BCUT2D eigenvalue weighted by atomic mass is 16.4. The molecule has 4 heteroatoms. The van der Waals surface area contributed by atoms with Crippen molar-refractivity contribution >= 4 is 12.7 Å². The largest absolute Gasteiger partial charge is 0.481 e. The first-order valence-corrected chi connectivity index (χ1v) is 4.24. The molecule has 0 aromatic carbocycles. The molecule has 0 fully saturated rings. The van der Waals surface area contributed by atoms with E-state index in [1.165, 1.54) is 0 Å². The molecule has 0 amide bonds. The first-order valence-electron chi connectivity index (χ1n) is 4.24. The Labute approximate surface area is 73.5 Å². The first kappa shape index (κ1) is 11.0. The summed E-state index contributed by atoms with van der Waals surface area (Å²) in [6.45, 7) is 3.64. The van der Waals surface area contributed by atoms with Crippen LogP contribution in [0.5, 0.6) is 0 Å². The molecule has 0 aromatic rings. The number of nitriles is 1. The number of nitrogens with zero attached hydrogens (tertiary/aromatic N) is 1. The average Bonchev–Trinajstić information content (AvgIpc) is 2.04. The predicted octanol–water partition coefficient (Wildman–Crippen LogP) is 1.67. The fourth-order valence-electron chi connectivity index (χ4n) is 1.02. The monoisotopic (exact) mass is 167 g/mol. The summed E-state index contributed by atoms with van der Waals surface area (Å²) in [6, 6.07) is 0. The maximum Gasteiger partial charge on any atom is 0.306 e. The summed E-state index contributed by atoms with van der Waals surface area (Å²) in [7, 11) is 0. The standard InChI is InChI=1S/C8H14BNO2/c1-3-7(8(11)12)4-5-9(2)6-10/h7H,3-5H2,1-2H3,(H,11,12). The molecule has 0 bridgehead atoms. The van der Waals surface area contributed by atoms with Gasteiger partial charge in [0, 0.05) is 5.97 Å². The van der Waals surface area contributed by atoms with Crippen LogP contribution in [-0.2, 0) is 4.79 Å². The minimum atomic E-state index is -0.748. The number of hydrogen-bond acceptors (Lipinski definition) is 2. The molecule has 0 saturated carbocycles. The van der Waals surface area contributed by atoms with E-state index in [2.05, 4.69) is 5.97 Å². The van der Waals surface area contributed by atoms with E-state index in [-0.39, 0.29) is 12.6 Å². The normalized spacial score (nSPS) is 11.8. The van der Waals surface area contributed by atoms with Gasteiger partial charge < -0.3 is 5.11 Å². The number of carbonyl (C=O) groups is 1. The third kappa shape index (κ3) is 4.02. The molecule has 12 heavy (non-hydrogen) atoms. The van der Waals surface area contributed by atoms with Crippen LogP contribution in [0.25, 0.3) is 0 Å². The van der Waals surface area contributed by atoms with Gasteiger partial charge in [0.1, 0.15) is 0 Å². The highest BCUT2D eigenvalue weighted by Crippen LogP contribution is 2.12. The van der Waals surface area contributed by atoms with Gasteiger partial charge in [-0.05, 0) is 12.8 Å². The molecular formula is C8H14BNO2. The Morgan fingerprint density at radius 1 is 1.75 bits per heavy atom. The lowest BCUT2D eigenvalue weighted by Crippen LogP contribution is -2.15. The summed E-state index contributed by atoms with van der Waals surface area (Å²) in [5.74, 6) is 1.07. The van der Waals surface area contributed by atoms with Crippen molar-refractivity contribution in [2.45, 2.75) is 32.9 Å². The van der Waals surface area contributed by atoms with Gasteiger partial charge in [-0.2, -0.15) is 0 Å². The maximum atomic E-state index is 10.5. The van der Waals surface area contributed by atoms with Crippen molar-refractivity contribution in [3.05, 3.63) is 0 Å². The molecule has 0 aromatic heterocycles. The van der Waals surface area contributed by atoms with Crippen molar-refractivity contribution in [2.75, 3.05) is 0 Å². The Bertz CT molecular complexity index is 188. The molecule has 0 saturated heterocycles. The number of rotatable bonds is 5. The maximum absolute atomic E-state index is 10.5. The van der Waals surface area contributed by atoms with Crippen LogP contribution in [0.15, 0.2) is 0 Å². The summed E-state index contributed by atoms with van der Waals surface area (Å²) in [4.78, 5) is 10.5. The number of hydrogen-bond donors (Lipinski definition) is 1. The second-order valence-electron chi connectivity index (χ2n) is 3.05. The van der Waals surface area contributed by atoms with E-state index in [0.29, 0.717) is 19.2 Å². The van der Waals surface area contributed by atoms with Crippen LogP contribution in [0, 0.1) is 17.1 Å². The lowest BCUT2D eigenvalue weighted by molar-refractivity contribution is -0.141. The summed E-state index contributed by atoms with van der Waals surface area (Å²) in [5, 5.41) is 17.1. The van der Waals surface area contributed by atoms with Crippen LogP contribution in [0.1, 0.15) is 19.8 Å². The molecule has 0 aliphatic rings. The van der Waals surface area contributed by atoms with Gasteiger partial charge >= 0.3 is 5.97 Å². The SMILES string of the molecule is CCC(CCB(C)C#N)C(=O)O. The second-order valence-corrected chi connectivity index (χ2v) is 3.05. The molecule has 1 atom stereocenters. The third-order valence-corrected chi connectivity index (χ3v) is 2.01. The molecule has 1 unspecified atom stereocenters. The zero-order chi connectivity index (χ0) is 9.56. The number of aliphatic carboxylic acids is 1. The molecule has 66 valence electrons. The van der Waals surface area contributed by atoms with E-state index in [0.717, 1.165) is 0 Å². The topological polar surface area (TPSA) is 61.1 Å². The molecule has 1 N–H and O–H groups in total. The van der Waals surface area contributed by atoms with E-state index in [1.807, 2.05) is 13.7 Å². The van der Waals surface area contributed by atoms with Crippen LogP contribution >= 0.6 is 0 Å². The Morgan fingerprint density at radius 2 is 2.33 bits per heavy atom. The van der Waals surface area contributed by atoms with Crippen LogP contribution in [0.3, 0.4) is 0 Å². The van der Waals surface area contributed by atoms with Crippen molar-refractivity contribution in [3.8, 4) is 5.97 Å². The van der Waals surface area contributed by atoms with Crippen LogP contribution in [-0.4, -0.2) is 17.8 Å². The molecule has 3 nitrogen and oxygen atoms in total. The van der Waals surface area contributed by atoms with Gasteiger partial charge in [-0.25, -0.2) is 5.26 Å². The van der Waals surface area contributed by atoms with Crippen molar-refractivity contribution in [2.24, 2.45) is 5.92 Å². The molecule has 0 aliphatic heterocycles. The van der Waals surface area contributed by atoms with Crippen LogP contribution < -0.4 is 0 Å². The highest BCUT2D eigenvalue weighted by Gasteiger charge is 2.17. The van der Waals surface area contributed by atoms with Crippen LogP contribution in [0.2, 0.25) is 13.1 Å². The molecule has 0 aliphatic carbocycles. The second kappa shape index (κ2) is 5.65. The van der Waals surface area contributed by atoms with E-state index in [9.17, 15) is 4.79 Å². The smallest absolute Gasteiger partial charge is 0.306 e. The zero-order valence-corrected chi connectivity index (χ0v) is 7.58. The van der Waals surface area contributed by atoms with Crippen molar-refractivity contribution in [1.82, 2.24) is 0 Å². The lowest BCUT2D eigenvalue weighted by Gasteiger charge is -2.08. The van der Waals surface area contributed by atoms with Crippen molar-refractivity contribution in [1.29, 1.82) is 5.26 Å². The lowest BCUT2D eigenvalue weighted by atomic mass is 9.50. The summed E-state index contributed by atoms with van der Waals surface area (Å²) >= 11 is 0. The predicted molar refractivity (Wildman–Crippen MR) is 48.1 cm³/mol. The summed E-state index contributed by atoms with van der Waals surface area (Å²) < 4.78 is 0. The fourth-order valence-corrected chi connectivity index (χ4v) is 1.02. The Kier molecular flexibility index (Phi) is 5.19. The quantitative estimate of drug-likeness (QED) is 0.633. The van der Waals surface area contributed by atoms with E-state index in [4.69, 9.17) is 10.4 Å². The minimum absolute atomic E-state index is 0.0293. The Balaban J connectivity index is 3.75. The van der Waals surface area contributed by atoms with E-state index < -0.39 is 5.97 Å². The van der Waals surface area contributed by atoms with E-state index >= 15 is 0 Å². The fraction of sp³-hybridized carbons (Fsp3) is 0.750. The number of carboxylic acids is 1. The number of carboxylic acid groups (broad SMARTS) is 1. The zero-order valence-electron chi connectivity index (χ0n) is 7.58. The van der Waals surface area contributed by atoms with Gasteiger partial charge in [-0.1, -0.05) is 20.1 Å². The molecule has 0 heterocycles. The van der Waals surface area contributed by atoms with Gasteiger partial charge in [0.2, 0.25) is 0 Å². The highest BCUT2D eigenvalue weighted by molar-refractivity contribution is 6.65. The van der Waals surface area contributed by atoms with Gasteiger partial charge in [0.05, 0.1) is 5.92 Å². The van der Waals surface area contributed by atoms with E-state index in [1.54, 1.807) is 0 Å². The summed E-state index contributed by atoms with van der Waals surface area (Å²) in [5.41, 5.74) is 0. The van der Waals surface area contributed by atoms with Gasteiger partial charge in [0.25, 0.3) is 6.71 Å². The first-order chi connectivity index (χ1) is 5.61. The van der Waals surface area contributed by atoms with Crippen molar-refractivity contribution in [3.63, 3.8) is 0 Å². The van der Waals surface area contributed by atoms with Gasteiger partial charge in [-0.3, -0.25) is 4.79 Å². The Morgan fingerprint density at radius 3 is 2.67 bits per heavy atom. The average molecular weight is 167 g/mol. The molecule has 0 radical (unpaired) electrons. The Hall–Kier alpha value is -0.975. The van der Waals surface area contributed by atoms with Gasteiger partial charge in [-0.15, -0.1) is 0 Å². The molecule has 0 spiro atoms. The third-order valence-electron chi connectivity index (χ3n) is 2.01. The summed E-state index contributed by atoms with van der Waals surface area (Å²) in [6.07, 6.45) is 1.94. The molecule has 0 rings (SSSR count). The molecular weight excluding hydrogens is 153 g/mol. The van der Waals surface area contributed by atoms with Crippen molar-refractivity contribution < 1.29 is 9.90 Å². The van der Waals surface area contributed by atoms with Gasteiger partial charge in [0.15, 0.2) is 0 Å². The van der Waals surface area contributed by atoms with Crippen LogP contribution in [0.4, 0.5) is 0 Å². The minimum Gasteiger partial charge on any atom is -0.481 e.